The van der Waals surface area contributed by atoms with Gasteiger partial charge in [-0.25, -0.2) is 0 Å². The number of hydrogen-bond acceptors (Lipinski definition) is 3. The van der Waals surface area contributed by atoms with Crippen molar-refractivity contribution in [3.63, 3.8) is 0 Å². The topological polar surface area (TPSA) is 15.3 Å². The van der Waals surface area contributed by atoms with Crippen molar-refractivity contribution in [3.8, 4) is 0 Å². The molecule has 1 aromatic heterocycles. The van der Waals surface area contributed by atoms with Gasteiger partial charge in [-0.05, 0) is 68.3 Å². The van der Waals surface area contributed by atoms with Crippen LogP contribution in [0.4, 0.5) is 0 Å². The molecule has 0 spiro atoms. The number of piperidine rings is 1. The molecule has 2 heterocycles. The van der Waals surface area contributed by atoms with Gasteiger partial charge < -0.3 is 5.32 Å². The van der Waals surface area contributed by atoms with E-state index in [1.165, 1.54) is 24.9 Å². The fraction of sp³-hybridized carbons (Fsp3) is 0.667. The quantitative estimate of drug-likeness (QED) is 0.848. The standard InChI is InChI=1S/C12H20N2S/c1-13-8-10-4-3-6-14(2)12(10)11-5-7-15-9-11/h5,7,9-10,12-13H,3-4,6,8H2,1-2H3. The Hall–Kier alpha value is -0.380. The molecule has 2 atom stereocenters. The summed E-state index contributed by atoms with van der Waals surface area (Å²) in [5.74, 6) is 0.767. The van der Waals surface area contributed by atoms with Gasteiger partial charge in [0.15, 0.2) is 0 Å². The van der Waals surface area contributed by atoms with E-state index in [4.69, 9.17) is 0 Å². The summed E-state index contributed by atoms with van der Waals surface area (Å²) in [6.07, 6.45) is 2.69. The minimum absolute atomic E-state index is 0.623. The van der Waals surface area contributed by atoms with Gasteiger partial charge in [0.25, 0.3) is 0 Å². The lowest BCUT2D eigenvalue weighted by Gasteiger charge is -2.39. The number of thiophene rings is 1. The van der Waals surface area contributed by atoms with Crippen LogP contribution in [-0.4, -0.2) is 32.1 Å². The van der Waals surface area contributed by atoms with E-state index in [1.54, 1.807) is 0 Å². The molecule has 15 heavy (non-hydrogen) atoms. The number of nitrogens with zero attached hydrogens (tertiary/aromatic N) is 1. The van der Waals surface area contributed by atoms with Crippen LogP contribution in [0.15, 0.2) is 16.8 Å². The molecule has 2 unspecified atom stereocenters. The van der Waals surface area contributed by atoms with Gasteiger partial charge in [-0.1, -0.05) is 0 Å². The normalized spacial score (nSPS) is 28.1. The van der Waals surface area contributed by atoms with Crippen LogP contribution >= 0.6 is 11.3 Å². The summed E-state index contributed by atoms with van der Waals surface area (Å²) < 4.78 is 0. The first-order valence-corrected chi connectivity index (χ1v) is 6.64. The molecule has 0 saturated carbocycles. The maximum absolute atomic E-state index is 3.33. The third kappa shape index (κ3) is 2.41. The molecule has 1 fully saturated rings. The summed E-state index contributed by atoms with van der Waals surface area (Å²) in [4.78, 5) is 2.51. The van der Waals surface area contributed by atoms with Crippen LogP contribution in [0.2, 0.25) is 0 Å². The van der Waals surface area contributed by atoms with Crippen LogP contribution in [0, 0.1) is 5.92 Å². The summed E-state index contributed by atoms with van der Waals surface area (Å²) in [5.41, 5.74) is 1.50. The fourth-order valence-electron chi connectivity index (χ4n) is 2.71. The van der Waals surface area contributed by atoms with E-state index in [1.807, 2.05) is 11.3 Å². The van der Waals surface area contributed by atoms with Crippen molar-refractivity contribution in [2.45, 2.75) is 18.9 Å². The molecular weight excluding hydrogens is 204 g/mol. The van der Waals surface area contributed by atoms with Crippen LogP contribution in [0.3, 0.4) is 0 Å². The molecule has 84 valence electrons. The average molecular weight is 224 g/mol. The van der Waals surface area contributed by atoms with Crippen molar-refractivity contribution in [1.82, 2.24) is 10.2 Å². The largest absolute Gasteiger partial charge is 0.319 e. The Balaban J connectivity index is 2.15. The molecular formula is C12H20N2S. The molecule has 2 nitrogen and oxygen atoms in total. The van der Waals surface area contributed by atoms with Crippen LogP contribution in [-0.2, 0) is 0 Å². The highest BCUT2D eigenvalue weighted by molar-refractivity contribution is 7.07. The summed E-state index contributed by atoms with van der Waals surface area (Å²) in [5, 5.41) is 7.82. The zero-order chi connectivity index (χ0) is 10.7. The lowest BCUT2D eigenvalue weighted by Crippen LogP contribution is -2.39. The van der Waals surface area contributed by atoms with Gasteiger partial charge in [0, 0.05) is 6.04 Å². The number of hydrogen-bond donors (Lipinski definition) is 1. The molecule has 2 rings (SSSR count). The fourth-order valence-corrected chi connectivity index (χ4v) is 3.39. The van der Waals surface area contributed by atoms with Gasteiger partial charge >= 0.3 is 0 Å². The minimum Gasteiger partial charge on any atom is -0.319 e. The van der Waals surface area contributed by atoms with E-state index in [0.29, 0.717) is 6.04 Å². The first-order valence-electron chi connectivity index (χ1n) is 5.70. The predicted molar refractivity (Wildman–Crippen MR) is 66.3 cm³/mol. The molecule has 1 saturated heterocycles. The van der Waals surface area contributed by atoms with Gasteiger partial charge in [0.1, 0.15) is 0 Å². The lowest BCUT2D eigenvalue weighted by molar-refractivity contribution is 0.121. The van der Waals surface area contributed by atoms with Crippen molar-refractivity contribution in [3.05, 3.63) is 22.4 Å². The number of likely N-dealkylation sites (tertiary alicyclic amines) is 1. The molecule has 1 aromatic rings. The van der Waals surface area contributed by atoms with Crippen molar-refractivity contribution < 1.29 is 0 Å². The Morgan fingerprint density at radius 1 is 1.60 bits per heavy atom. The molecule has 1 N–H and O–H groups in total. The van der Waals surface area contributed by atoms with E-state index in [9.17, 15) is 0 Å². The first-order chi connectivity index (χ1) is 7.33. The minimum atomic E-state index is 0.623. The van der Waals surface area contributed by atoms with Crippen molar-refractivity contribution in [1.29, 1.82) is 0 Å². The Labute approximate surface area is 96.3 Å². The Bertz CT molecular complexity index is 282. The maximum atomic E-state index is 3.33. The predicted octanol–water partition coefficient (Wildman–Crippen LogP) is 2.35. The highest BCUT2D eigenvalue weighted by Crippen LogP contribution is 2.35. The molecule has 1 aliphatic heterocycles. The van der Waals surface area contributed by atoms with E-state index in [0.717, 1.165) is 12.5 Å². The molecule has 0 radical (unpaired) electrons. The summed E-state index contributed by atoms with van der Waals surface area (Å²) in [6.45, 7) is 2.37. The lowest BCUT2D eigenvalue weighted by atomic mass is 9.86. The van der Waals surface area contributed by atoms with Gasteiger partial charge in [0.05, 0.1) is 0 Å². The zero-order valence-corrected chi connectivity index (χ0v) is 10.4. The SMILES string of the molecule is CNCC1CCCN(C)C1c1ccsc1. The molecule has 0 aliphatic carbocycles. The van der Waals surface area contributed by atoms with E-state index in [-0.39, 0.29) is 0 Å². The number of rotatable bonds is 3. The second-order valence-corrected chi connectivity index (χ2v) is 5.22. The van der Waals surface area contributed by atoms with Gasteiger partial charge in [-0.2, -0.15) is 11.3 Å². The van der Waals surface area contributed by atoms with Crippen LogP contribution < -0.4 is 5.32 Å². The second-order valence-electron chi connectivity index (χ2n) is 4.44. The highest BCUT2D eigenvalue weighted by atomic mass is 32.1. The van der Waals surface area contributed by atoms with E-state index >= 15 is 0 Å². The third-order valence-corrected chi connectivity index (χ3v) is 4.06. The van der Waals surface area contributed by atoms with Gasteiger partial charge in [-0.15, -0.1) is 0 Å². The van der Waals surface area contributed by atoms with E-state index < -0.39 is 0 Å². The van der Waals surface area contributed by atoms with Crippen LogP contribution in [0.5, 0.6) is 0 Å². The maximum Gasteiger partial charge on any atom is 0.0393 e. The van der Waals surface area contributed by atoms with Crippen molar-refractivity contribution in [2.24, 2.45) is 5.92 Å². The average Bonchev–Trinajstić information content (AvgIpc) is 2.71. The van der Waals surface area contributed by atoms with E-state index in [2.05, 4.69) is 41.1 Å². The Kier molecular flexibility index (Phi) is 3.78. The molecule has 0 amide bonds. The summed E-state index contributed by atoms with van der Waals surface area (Å²) in [7, 11) is 4.31. The van der Waals surface area contributed by atoms with Gasteiger partial charge in [0.2, 0.25) is 0 Å². The number of nitrogens with one attached hydrogen (secondary N) is 1. The molecule has 3 heteroatoms. The summed E-state index contributed by atoms with van der Waals surface area (Å²) >= 11 is 1.81. The van der Waals surface area contributed by atoms with Crippen LogP contribution in [0.25, 0.3) is 0 Å². The zero-order valence-electron chi connectivity index (χ0n) is 9.57. The molecule has 0 bridgehead atoms. The van der Waals surface area contributed by atoms with Crippen LogP contribution in [0.1, 0.15) is 24.4 Å². The third-order valence-electron chi connectivity index (χ3n) is 3.36. The second kappa shape index (κ2) is 5.10. The van der Waals surface area contributed by atoms with Gasteiger partial charge in [-0.3, -0.25) is 4.90 Å². The first kappa shape index (κ1) is 11.1. The summed E-state index contributed by atoms with van der Waals surface area (Å²) in [6, 6.07) is 2.90. The Morgan fingerprint density at radius 3 is 3.13 bits per heavy atom. The Morgan fingerprint density at radius 2 is 2.47 bits per heavy atom. The highest BCUT2D eigenvalue weighted by Gasteiger charge is 2.29. The molecule has 0 aromatic carbocycles. The van der Waals surface area contributed by atoms with Crippen molar-refractivity contribution in [2.75, 3.05) is 27.2 Å². The van der Waals surface area contributed by atoms with Crippen molar-refractivity contribution >= 4 is 11.3 Å². The smallest absolute Gasteiger partial charge is 0.0393 e. The molecule has 1 aliphatic rings. The monoisotopic (exact) mass is 224 g/mol.